The summed E-state index contributed by atoms with van der Waals surface area (Å²) in [7, 11) is 0. The van der Waals surface area contributed by atoms with Crippen LogP contribution in [-0.4, -0.2) is 10.9 Å². The Balaban J connectivity index is 1.50. The molecule has 1 aromatic heterocycles. The van der Waals surface area contributed by atoms with Gasteiger partial charge >= 0.3 is 0 Å². The molecular weight excluding hydrogens is 454 g/mol. The fraction of sp³-hybridized carbons (Fsp3) is 0.0435. The highest BCUT2D eigenvalue weighted by molar-refractivity contribution is 7.98. The number of ether oxygens (including phenoxy) is 1. The number of nitrogens with zero attached hydrogens (tertiary/aromatic N) is 2. The Morgan fingerprint density at radius 2 is 1.84 bits per heavy atom. The molecular formula is C23H15ClF2N4OS. The SMILES string of the molecule is Fc1cccnc1CN=C1NSc2ccc(F)c(Oc3c(Cl)ccc4ccccc34)c2N1. The van der Waals surface area contributed by atoms with Crippen molar-refractivity contribution < 1.29 is 13.5 Å². The average molecular weight is 469 g/mol. The Labute approximate surface area is 191 Å². The van der Waals surface area contributed by atoms with Gasteiger partial charge in [-0.05, 0) is 47.7 Å². The molecule has 0 amide bonds. The van der Waals surface area contributed by atoms with Gasteiger partial charge in [0.05, 0.1) is 22.2 Å². The number of rotatable bonds is 4. The van der Waals surface area contributed by atoms with Gasteiger partial charge in [0.2, 0.25) is 5.96 Å². The lowest BCUT2D eigenvalue weighted by molar-refractivity contribution is 0.447. The first-order chi connectivity index (χ1) is 15.6. The zero-order chi connectivity index (χ0) is 22.1. The lowest BCUT2D eigenvalue weighted by Crippen LogP contribution is -2.30. The molecule has 5 rings (SSSR count). The van der Waals surface area contributed by atoms with Crippen LogP contribution in [-0.2, 0) is 6.54 Å². The van der Waals surface area contributed by atoms with Crippen molar-refractivity contribution in [1.82, 2.24) is 9.71 Å². The first-order valence-electron chi connectivity index (χ1n) is 9.61. The second kappa shape index (κ2) is 8.64. The standard InChI is InChI=1S/C23H15ClF2N4OS/c24-15-8-7-13-4-1-2-5-14(13)21(15)31-22-17(26)9-10-19-20(22)29-23(30-32-19)28-12-18-16(25)6-3-11-27-18/h1-11H,12H2,(H2,28,29,30). The molecule has 0 bridgehead atoms. The Kier molecular flexibility index (Phi) is 5.55. The van der Waals surface area contributed by atoms with Crippen LogP contribution in [0.5, 0.6) is 11.5 Å². The van der Waals surface area contributed by atoms with E-state index in [1.165, 1.54) is 36.3 Å². The average Bonchev–Trinajstić information content (AvgIpc) is 2.81. The van der Waals surface area contributed by atoms with Crippen LogP contribution in [0, 0.1) is 11.6 Å². The monoisotopic (exact) mass is 468 g/mol. The quantitative estimate of drug-likeness (QED) is 0.333. The van der Waals surface area contributed by atoms with Crippen LogP contribution in [0.25, 0.3) is 10.8 Å². The molecule has 0 saturated heterocycles. The van der Waals surface area contributed by atoms with Gasteiger partial charge in [0.15, 0.2) is 17.3 Å². The third kappa shape index (κ3) is 3.94. The molecule has 0 radical (unpaired) electrons. The number of nitrogens with one attached hydrogen (secondary N) is 2. The molecule has 1 aliphatic heterocycles. The Hall–Kier alpha value is -3.36. The maximum Gasteiger partial charge on any atom is 0.206 e. The molecule has 3 aromatic carbocycles. The molecule has 0 spiro atoms. The normalized spacial score (nSPS) is 14.0. The summed E-state index contributed by atoms with van der Waals surface area (Å²) in [6.07, 6.45) is 1.50. The molecule has 9 heteroatoms. The highest BCUT2D eigenvalue weighted by Crippen LogP contribution is 2.44. The molecule has 0 aliphatic carbocycles. The van der Waals surface area contributed by atoms with E-state index in [0.29, 0.717) is 27.3 Å². The van der Waals surface area contributed by atoms with Crippen LogP contribution in [0.1, 0.15) is 5.69 Å². The molecule has 32 heavy (non-hydrogen) atoms. The summed E-state index contributed by atoms with van der Waals surface area (Å²) in [6, 6.07) is 16.9. The Bertz CT molecular complexity index is 1370. The van der Waals surface area contributed by atoms with Crippen molar-refractivity contribution in [3.05, 3.63) is 89.2 Å². The highest BCUT2D eigenvalue weighted by atomic mass is 35.5. The summed E-state index contributed by atoms with van der Waals surface area (Å²) < 4.78 is 37.8. The van der Waals surface area contributed by atoms with E-state index in [4.69, 9.17) is 16.3 Å². The largest absolute Gasteiger partial charge is 0.450 e. The Morgan fingerprint density at radius 1 is 0.969 bits per heavy atom. The van der Waals surface area contributed by atoms with Crippen LogP contribution < -0.4 is 14.8 Å². The molecule has 4 aromatic rings. The van der Waals surface area contributed by atoms with E-state index in [9.17, 15) is 8.78 Å². The van der Waals surface area contributed by atoms with Crippen molar-refractivity contribution in [2.24, 2.45) is 4.99 Å². The molecule has 0 fully saturated rings. The third-order valence-corrected chi connectivity index (χ3v) is 5.98. The third-order valence-electron chi connectivity index (χ3n) is 4.83. The van der Waals surface area contributed by atoms with Crippen LogP contribution in [0.3, 0.4) is 0 Å². The smallest absolute Gasteiger partial charge is 0.206 e. The minimum Gasteiger partial charge on any atom is -0.450 e. The van der Waals surface area contributed by atoms with Crippen LogP contribution in [0.4, 0.5) is 14.5 Å². The van der Waals surface area contributed by atoms with Gasteiger partial charge in [-0.15, -0.1) is 0 Å². The fourth-order valence-corrected chi connectivity index (χ4v) is 4.18. The molecule has 5 nitrogen and oxygen atoms in total. The highest BCUT2D eigenvalue weighted by Gasteiger charge is 2.23. The molecule has 0 saturated carbocycles. The van der Waals surface area contributed by atoms with Gasteiger partial charge in [0, 0.05) is 11.6 Å². The summed E-state index contributed by atoms with van der Waals surface area (Å²) in [4.78, 5) is 9.02. The second-order valence-corrected chi connectivity index (χ2v) is 8.13. The summed E-state index contributed by atoms with van der Waals surface area (Å²) in [5.74, 6) is -0.325. The lowest BCUT2D eigenvalue weighted by atomic mass is 10.1. The van der Waals surface area contributed by atoms with Crippen LogP contribution in [0.2, 0.25) is 5.02 Å². The summed E-state index contributed by atoms with van der Waals surface area (Å²) in [5, 5.41) is 5.09. The first-order valence-corrected chi connectivity index (χ1v) is 10.8. The zero-order valence-corrected chi connectivity index (χ0v) is 18.0. The number of hydrogen-bond acceptors (Lipinski definition) is 4. The van der Waals surface area contributed by atoms with Gasteiger partial charge in [-0.25, -0.2) is 13.8 Å². The van der Waals surface area contributed by atoms with Crippen molar-refractivity contribution >= 4 is 46.0 Å². The minimum absolute atomic E-state index is 0.00790. The number of anilines is 1. The number of fused-ring (bicyclic) bond motifs is 2. The predicted molar refractivity (Wildman–Crippen MR) is 123 cm³/mol. The van der Waals surface area contributed by atoms with E-state index in [2.05, 4.69) is 20.0 Å². The number of halogens is 3. The van der Waals surface area contributed by atoms with E-state index in [0.717, 1.165) is 10.8 Å². The number of aliphatic imine (C=N–C) groups is 1. The van der Waals surface area contributed by atoms with Crippen molar-refractivity contribution in [1.29, 1.82) is 0 Å². The predicted octanol–water partition coefficient (Wildman–Crippen LogP) is 6.54. The van der Waals surface area contributed by atoms with E-state index in [1.807, 2.05) is 30.3 Å². The van der Waals surface area contributed by atoms with Crippen molar-refractivity contribution in [3.63, 3.8) is 0 Å². The van der Waals surface area contributed by atoms with Crippen LogP contribution >= 0.6 is 23.5 Å². The molecule has 2 N–H and O–H groups in total. The number of hydrogen-bond donors (Lipinski definition) is 2. The lowest BCUT2D eigenvalue weighted by Gasteiger charge is -2.23. The minimum atomic E-state index is -0.558. The van der Waals surface area contributed by atoms with E-state index >= 15 is 0 Å². The summed E-state index contributed by atoms with van der Waals surface area (Å²) in [5.41, 5.74) is 0.607. The van der Waals surface area contributed by atoms with E-state index < -0.39 is 11.6 Å². The van der Waals surface area contributed by atoms with Gasteiger partial charge in [-0.3, -0.25) is 9.71 Å². The zero-order valence-electron chi connectivity index (χ0n) is 16.4. The molecule has 2 heterocycles. The van der Waals surface area contributed by atoms with Gasteiger partial charge in [-0.2, -0.15) is 0 Å². The van der Waals surface area contributed by atoms with Gasteiger partial charge in [-0.1, -0.05) is 41.9 Å². The van der Waals surface area contributed by atoms with Gasteiger partial charge in [0.1, 0.15) is 11.5 Å². The molecule has 0 unspecified atom stereocenters. The van der Waals surface area contributed by atoms with E-state index in [1.54, 1.807) is 12.1 Å². The first kappa shape index (κ1) is 20.5. The van der Waals surface area contributed by atoms with Gasteiger partial charge in [0.25, 0.3) is 0 Å². The topological polar surface area (TPSA) is 58.5 Å². The number of aromatic nitrogens is 1. The number of guanidine groups is 1. The van der Waals surface area contributed by atoms with Crippen molar-refractivity contribution in [3.8, 4) is 11.5 Å². The Morgan fingerprint density at radius 3 is 2.72 bits per heavy atom. The summed E-state index contributed by atoms with van der Waals surface area (Å²) in [6.45, 7) is 0.0125. The second-order valence-electron chi connectivity index (χ2n) is 6.88. The fourth-order valence-electron chi connectivity index (χ4n) is 3.27. The molecule has 1 aliphatic rings. The molecule has 0 atom stereocenters. The maximum atomic E-state index is 14.9. The number of pyridine rings is 1. The number of benzene rings is 3. The van der Waals surface area contributed by atoms with Gasteiger partial charge < -0.3 is 10.1 Å². The molecule has 160 valence electrons. The van der Waals surface area contributed by atoms with Crippen LogP contribution in [0.15, 0.2) is 76.7 Å². The van der Waals surface area contributed by atoms with Crippen molar-refractivity contribution in [2.45, 2.75) is 11.4 Å². The summed E-state index contributed by atoms with van der Waals surface area (Å²) >= 11 is 7.64. The maximum absolute atomic E-state index is 14.9. The van der Waals surface area contributed by atoms with E-state index in [-0.39, 0.29) is 18.0 Å². The van der Waals surface area contributed by atoms with Crippen molar-refractivity contribution in [2.75, 3.05) is 5.32 Å².